The average molecular weight is 241 g/mol. The lowest BCUT2D eigenvalue weighted by Gasteiger charge is -2.47. The molecule has 2 rings (SSSR count). The van der Waals surface area contributed by atoms with E-state index in [4.69, 9.17) is 4.74 Å². The SMILES string of the molecule is CCC1(C(=O)O)CCN(C2CC(OC)C2)CC1. The zero-order valence-corrected chi connectivity index (χ0v) is 10.8. The van der Waals surface area contributed by atoms with E-state index in [0.29, 0.717) is 12.1 Å². The topological polar surface area (TPSA) is 49.8 Å². The first kappa shape index (κ1) is 12.8. The largest absolute Gasteiger partial charge is 0.481 e. The average Bonchev–Trinajstić information content (AvgIpc) is 2.28. The van der Waals surface area contributed by atoms with Crippen molar-refractivity contribution < 1.29 is 14.6 Å². The van der Waals surface area contributed by atoms with Crippen LogP contribution in [0.3, 0.4) is 0 Å². The van der Waals surface area contributed by atoms with Crippen LogP contribution in [0.1, 0.15) is 39.0 Å². The molecule has 4 heteroatoms. The zero-order chi connectivity index (χ0) is 12.5. The Labute approximate surface area is 103 Å². The third kappa shape index (κ3) is 2.33. The molecule has 2 fully saturated rings. The lowest BCUT2D eigenvalue weighted by Crippen LogP contribution is -2.53. The van der Waals surface area contributed by atoms with E-state index in [-0.39, 0.29) is 0 Å². The standard InChI is InChI=1S/C13H23NO3/c1-3-13(12(15)16)4-6-14(7-5-13)10-8-11(9-10)17-2/h10-11H,3-9H2,1-2H3,(H,15,16). The summed E-state index contributed by atoms with van der Waals surface area (Å²) >= 11 is 0. The molecule has 2 aliphatic rings. The summed E-state index contributed by atoms with van der Waals surface area (Å²) in [5.74, 6) is -0.608. The number of ether oxygens (including phenoxy) is 1. The quantitative estimate of drug-likeness (QED) is 0.814. The van der Waals surface area contributed by atoms with E-state index in [2.05, 4.69) is 4.90 Å². The molecule has 0 spiro atoms. The van der Waals surface area contributed by atoms with Crippen LogP contribution in [0.25, 0.3) is 0 Å². The van der Waals surface area contributed by atoms with E-state index in [1.54, 1.807) is 7.11 Å². The predicted molar refractivity (Wildman–Crippen MR) is 65.0 cm³/mol. The Balaban J connectivity index is 1.84. The molecule has 1 heterocycles. The minimum Gasteiger partial charge on any atom is -0.481 e. The minimum atomic E-state index is -0.608. The second kappa shape index (κ2) is 4.94. The third-order valence-electron chi connectivity index (χ3n) is 4.81. The first-order valence-corrected chi connectivity index (χ1v) is 6.61. The molecule has 0 aromatic heterocycles. The molecule has 4 nitrogen and oxygen atoms in total. The van der Waals surface area contributed by atoms with Gasteiger partial charge in [-0.1, -0.05) is 6.92 Å². The van der Waals surface area contributed by atoms with Crippen molar-refractivity contribution in [3.05, 3.63) is 0 Å². The van der Waals surface area contributed by atoms with Crippen LogP contribution < -0.4 is 0 Å². The highest BCUT2D eigenvalue weighted by Gasteiger charge is 2.43. The van der Waals surface area contributed by atoms with Gasteiger partial charge in [0.15, 0.2) is 0 Å². The number of nitrogens with zero attached hydrogens (tertiary/aromatic N) is 1. The van der Waals surface area contributed by atoms with Crippen molar-refractivity contribution in [3.8, 4) is 0 Å². The number of hydrogen-bond acceptors (Lipinski definition) is 3. The zero-order valence-electron chi connectivity index (χ0n) is 10.8. The Bertz CT molecular complexity index is 278. The van der Waals surface area contributed by atoms with Gasteiger partial charge in [-0.05, 0) is 45.2 Å². The predicted octanol–water partition coefficient (Wildman–Crippen LogP) is 1.74. The number of methoxy groups -OCH3 is 1. The van der Waals surface area contributed by atoms with Crippen molar-refractivity contribution in [3.63, 3.8) is 0 Å². The van der Waals surface area contributed by atoms with Crippen molar-refractivity contribution in [2.45, 2.75) is 51.2 Å². The number of likely N-dealkylation sites (tertiary alicyclic amines) is 1. The molecular formula is C13H23NO3. The maximum absolute atomic E-state index is 11.3. The maximum atomic E-state index is 11.3. The van der Waals surface area contributed by atoms with Gasteiger partial charge >= 0.3 is 5.97 Å². The van der Waals surface area contributed by atoms with Crippen LogP contribution in [0.15, 0.2) is 0 Å². The van der Waals surface area contributed by atoms with Crippen LogP contribution in [-0.4, -0.2) is 48.3 Å². The van der Waals surface area contributed by atoms with E-state index in [9.17, 15) is 9.90 Å². The fourth-order valence-corrected chi connectivity index (χ4v) is 3.06. The molecule has 0 radical (unpaired) electrons. The highest BCUT2D eigenvalue weighted by molar-refractivity contribution is 5.74. The summed E-state index contributed by atoms with van der Waals surface area (Å²) in [7, 11) is 1.77. The van der Waals surface area contributed by atoms with E-state index < -0.39 is 11.4 Å². The highest BCUT2D eigenvalue weighted by atomic mass is 16.5. The second-order valence-electron chi connectivity index (χ2n) is 5.46. The normalized spacial score (nSPS) is 33.1. The smallest absolute Gasteiger partial charge is 0.309 e. The molecule has 98 valence electrons. The Kier molecular flexibility index (Phi) is 3.73. The van der Waals surface area contributed by atoms with Crippen LogP contribution in [0.4, 0.5) is 0 Å². The van der Waals surface area contributed by atoms with Gasteiger partial charge in [0.1, 0.15) is 0 Å². The van der Waals surface area contributed by atoms with Crippen molar-refractivity contribution in [1.82, 2.24) is 4.90 Å². The van der Waals surface area contributed by atoms with Gasteiger partial charge in [-0.2, -0.15) is 0 Å². The number of carbonyl (C=O) groups is 1. The number of rotatable bonds is 4. The minimum absolute atomic E-state index is 0.428. The molecule has 17 heavy (non-hydrogen) atoms. The van der Waals surface area contributed by atoms with Gasteiger partial charge in [0, 0.05) is 13.2 Å². The van der Waals surface area contributed by atoms with Gasteiger partial charge < -0.3 is 14.7 Å². The Morgan fingerprint density at radius 3 is 2.41 bits per heavy atom. The Hall–Kier alpha value is -0.610. The molecule has 1 N–H and O–H groups in total. The summed E-state index contributed by atoms with van der Waals surface area (Å²) in [5, 5.41) is 9.33. The van der Waals surface area contributed by atoms with Crippen molar-refractivity contribution in [2.75, 3.05) is 20.2 Å². The lowest BCUT2D eigenvalue weighted by molar-refractivity contribution is -0.153. The van der Waals surface area contributed by atoms with Crippen molar-refractivity contribution in [2.24, 2.45) is 5.41 Å². The molecule has 0 bridgehead atoms. The summed E-state index contributed by atoms with van der Waals surface area (Å²) < 4.78 is 5.29. The van der Waals surface area contributed by atoms with Gasteiger partial charge in [0.25, 0.3) is 0 Å². The monoisotopic (exact) mass is 241 g/mol. The van der Waals surface area contributed by atoms with Gasteiger partial charge in [-0.15, -0.1) is 0 Å². The number of carboxylic acids is 1. The molecule has 1 aliphatic carbocycles. The second-order valence-corrected chi connectivity index (χ2v) is 5.46. The van der Waals surface area contributed by atoms with Crippen LogP contribution in [0, 0.1) is 5.41 Å². The Morgan fingerprint density at radius 2 is 2.00 bits per heavy atom. The molecule has 0 atom stereocenters. The fourth-order valence-electron chi connectivity index (χ4n) is 3.06. The molecule has 0 aromatic carbocycles. The fraction of sp³-hybridized carbons (Fsp3) is 0.923. The van der Waals surface area contributed by atoms with Crippen LogP contribution >= 0.6 is 0 Å². The van der Waals surface area contributed by atoms with E-state index in [1.165, 1.54) is 0 Å². The molecule has 1 aliphatic heterocycles. The van der Waals surface area contributed by atoms with Gasteiger partial charge in [0.05, 0.1) is 11.5 Å². The molecule has 1 saturated heterocycles. The van der Waals surface area contributed by atoms with Gasteiger partial charge in [0.2, 0.25) is 0 Å². The Morgan fingerprint density at radius 1 is 1.41 bits per heavy atom. The van der Waals surface area contributed by atoms with Crippen molar-refractivity contribution >= 4 is 5.97 Å². The summed E-state index contributed by atoms with van der Waals surface area (Å²) in [6.45, 7) is 3.86. The summed E-state index contributed by atoms with van der Waals surface area (Å²) in [6.07, 6.45) is 5.00. The summed E-state index contributed by atoms with van der Waals surface area (Å²) in [6, 6.07) is 0.628. The highest BCUT2D eigenvalue weighted by Crippen LogP contribution is 2.38. The third-order valence-corrected chi connectivity index (χ3v) is 4.81. The van der Waals surface area contributed by atoms with E-state index in [0.717, 1.165) is 45.2 Å². The van der Waals surface area contributed by atoms with E-state index >= 15 is 0 Å². The van der Waals surface area contributed by atoms with Crippen LogP contribution in [-0.2, 0) is 9.53 Å². The molecule has 1 saturated carbocycles. The molecule has 0 unspecified atom stereocenters. The molecule has 0 aromatic rings. The summed E-state index contributed by atoms with van der Waals surface area (Å²) in [5.41, 5.74) is -0.457. The number of hydrogen-bond donors (Lipinski definition) is 1. The first-order valence-electron chi connectivity index (χ1n) is 6.61. The van der Waals surface area contributed by atoms with Crippen LogP contribution in [0.2, 0.25) is 0 Å². The van der Waals surface area contributed by atoms with Gasteiger partial charge in [-0.3, -0.25) is 4.79 Å². The van der Waals surface area contributed by atoms with Gasteiger partial charge in [-0.25, -0.2) is 0 Å². The first-order chi connectivity index (χ1) is 8.11. The summed E-state index contributed by atoms with van der Waals surface area (Å²) in [4.78, 5) is 13.8. The molecule has 0 amide bonds. The number of carboxylic acid groups (broad SMARTS) is 1. The van der Waals surface area contributed by atoms with Crippen LogP contribution in [0.5, 0.6) is 0 Å². The van der Waals surface area contributed by atoms with Crippen molar-refractivity contribution in [1.29, 1.82) is 0 Å². The number of piperidine rings is 1. The number of aliphatic carboxylic acids is 1. The maximum Gasteiger partial charge on any atom is 0.309 e. The van der Waals surface area contributed by atoms with E-state index in [1.807, 2.05) is 6.92 Å². The molecular weight excluding hydrogens is 218 g/mol. The lowest BCUT2D eigenvalue weighted by atomic mass is 9.75.